The highest BCUT2D eigenvalue weighted by atomic mass is 16.5. The Morgan fingerprint density at radius 2 is 1.95 bits per heavy atom. The van der Waals surface area contributed by atoms with Gasteiger partial charge in [-0.3, -0.25) is 9.59 Å². The van der Waals surface area contributed by atoms with Crippen molar-refractivity contribution in [3.8, 4) is 0 Å². The number of ether oxygens (including phenoxy) is 1. The molecular formula is C15H25NO4. The summed E-state index contributed by atoms with van der Waals surface area (Å²) in [6, 6.07) is 0. The van der Waals surface area contributed by atoms with Crippen LogP contribution in [0.2, 0.25) is 0 Å². The molecule has 1 amide bonds. The third kappa shape index (κ3) is 2.22. The molecule has 5 heteroatoms. The average molecular weight is 283 g/mol. The fourth-order valence-corrected chi connectivity index (χ4v) is 3.53. The number of carbonyl (C=O) groups excluding carboxylic acids is 1. The molecule has 1 N–H and O–H groups in total. The summed E-state index contributed by atoms with van der Waals surface area (Å²) < 4.78 is 5.21. The minimum atomic E-state index is -0.784. The van der Waals surface area contributed by atoms with Crippen molar-refractivity contribution in [3.05, 3.63) is 0 Å². The normalized spacial score (nSPS) is 28.5. The zero-order valence-corrected chi connectivity index (χ0v) is 12.6. The minimum absolute atomic E-state index is 0.0255. The van der Waals surface area contributed by atoms with Gasteiger partial charge in [0.2, 0.25) is 5.91 Å². The number of carboxylic acid groups (broad SMARTS) is 1. The Balaban J connectivity index is 2.12. The number of carboxylic acids is 1. The number of rotatable bonds is 5. The van der Waals surface area contributed by atoms with Crippen molar-refractivity contribution in [3.63, 3.8) is 0 Å². The number of amides is 1. The van der Waals surface area contributed by atoms with E-state index in [0.29, 0.717) is 26.1 Å². The zero-order chi connectivity index (χ0) is 15.0. The Labute approximate surface area is 120 Å². The number of hydrogen-bond donors (Lipinski definition) is 1. The quantitative estimate of drug-likeness (QED) is 0.835. The number of carbonyl (C=O) groups is 2. The predicted octanol–water partition coefficient (Wildman–Crippen LogP) is 1.76. The Morgan fingerprint density at radius 1 is 1.30 bits per heavy atom. The summed E-state index contributed by atoms with van der Waals surface area (Å²) in [7, 11) is 1.62. The molecule has 20 heavy (non-hydrogen) atoms. The van der Waals surface area contributed by atoms with Crippen LogP contribution in [0.25, 0.3) is 0 Å². The van der Waals surface area contributed by atoms with Crippen molar-refractivity contribution < 1.29 is 19.4 Å². The molecule has 0 aromatic carbocycles. The first kappa shape index (κ1) is 15.3. The van der Waals surface area contributed by atoms with Gasteiger partial charge in [-0.2, -0.15) is 0 Å². The standard InChI is InChI=1S/C15H25NO4/c1-11(2)15(13(18)19)7-8-16(9-15)12(17)14(10-20-3)5-4-6-14/h11H,4-10H2,1-3H3,(H,18,19). The van der Waals surface area contributed by atoms with Gasteiger partial charge in [0.15, 0.2) is 0 Å². The predicted molar refractivity (Wildman–Crippen MR) is 74.3 cm³/mol. The largest absolute Gasteiger partial charge is 0.481 e. The lowest BCUT2D eigenvalue weighted by molar-refractivity contribution is -0.155. The fourth-order valence-electron chi connectivity index (χ4n) is 3.53. The van der Waals surface area contributed by atoms with Gasteiger partial charge in [0.25, 0.3) is 0 Å². The lowest BCUT2D eigenvalue weighted by Crippen LogP contribution is -2.51. The molecule has 1 saturated carbocycles. The van der Waals surface area contributed by atoms with Gasteiger partial charge < -0.3 is 14.7 Å². The number of methoxy groups -OCH3 is 1. The van der Waals surface area contributed by atoms with Crippen LogP contribution in [-0.2, 0) is 14.3 Å². The van der Waals surface area contributed by atoms with Crippen LogP contribution >= 0.6 is 0 Å². The van der Waals surface area contributed by atoms with E-state index in [2.05, 4.69) is 0 Å². The highest BCUT2D eigenvalue weighted by Gasteiger charge is 2.53. The number of nitrogens with zero attached hydrogens (tertiary/aromatic N) is 1. The lowest BCUT2D eigenvalue weighted by Gasteiger charge is -2.42. The van der Waals surface area contributed by atoms with E-state index in [1.54, 1.807) is 12.0 Å². The van der Waals surface area contributed by atoms with Gasteiger partial charge >= 0.3 is 5.97 Å². The number of aliphatic carboxylic acids is 1. The Bertz CT molecular complexity index is 403. The molecule has 0 spiro atoms. The van der Waals surface area contributed by atoms with Gasteiger partial charge in [-0.25, -0.2) is 0 Å². The molecule has 2 fully saturated rings. The Kier molecular flexibility index (Phi) is 4.09. The van der Waals surface area contributed by atoms with Gasteiger partial charge in [-0.1, -0.05) is 20.3 Å². The molecular weight excluding hydrogens is 258 g/mol. The molecule has 1 unspecified atom stereocenters. The summed E-state index contributed by atoms with van der Waals surface area (Å²) in [6.07, 6.45) is 3.32. The van der Waals surface area contributed by atoms with Gasteiger partial charge in [0.05, 0.1) is 17.4 Å². The zero-order valence-electron chi connectivity index (χ0n) is 12.6. The molecule has 0 radical (unpaired) electrons. The summed E-state index contributed by atoms with van der Waals surface area (Å²) in [5, 5.41) is 9.55. The van der Waals surface area contributed by atoms with E-state index in [4.69, 9.17) is 4.74 Å². The lowest BCUT2D eigenvalue weighted by atomic mass is 9.68. The monoisotopic (exact) mass is 283 g/mol. The van der Waals surface area contributed by atoms with Crippen LogP contribution in [0.4, 0.5) is 0 Å². The van der Waals surface area contributed by atoms with E-state index in [1.165, 1.54) is 0 Å². The van der Waals surface area contributed by atoms with E-state index in [0.717, 1.165) is 19.3 Å². The van der Waals surface area contributed by atoms with Crippen molar-refractivity contribution in [2.45, 2.75) is 39.5 Å². The van der Waals surface area contributed by atoms with Crippen LogP contribution in [0.5, 0.6) is 0 Å². The van der Waals surface area contributed by atoms with Crippen LogP contribution < -0.4 is 0 Å². The molecule has 1 aliphatic heterocycles. The smallest absolute Gasteiger partial charge is 0.311 e. The molecule has 114 valence electrons. The first-order chi connectivity index (χ1) is 9.38. The maximum atomic E-state index is 12.7. The van der Waals surface area contributed by atoms with Crippen molar-refractivity contribution in [1.29, 1.82) is 0 Å². The van der Waals surface area contributed by atoms with Crippen LogP contribution in [0.15, 0.2) is 0 Å². The summed E-state index contributed by atoms with van der Waals surface area (Å²) in [5.74, 6) is -0.663. The molecule has 2 rings (SSSR count). The van der Waals surface area contributed by atoms with Crippen molar-refractivity contribution in [2.75, 3.05) is 26.8 Å². The summed E-state index contributed by atoms with van der Waals surface area (Å²) in [4.78, 5) is 26.1. The molecule has 1 aliphatic carbocycles. The van der Waals surface area contributed by atoms with Crippen LogP contribution in [0, 0.1) is 16.7 Å². The third-order valence-corrected chi connectivity index (χ3v) is 5.30. The summed E-state index contributed by atoms with van der Waals surface area (Å²) >= 11 is 0. The van der Waals surface area contributed by atoms with Crippen molar-refractivity contribution >= 4 is 11.9 Å². The van der Waals surface area contributed by atoms with Crippen LogP contribution in [-0.4, -0.2) is 48.7 Å². The maximum absolute atomic E-state index is 12.7. The van der Waals surface area contributed by atoms with E-state index in [1.807, 2.05) is 13.8 Å². The number of likely N-dealkylation sites (tertiary alicyclic amines) is 1. The Morgan fingerprint density at radius 3 is 2.30 bits per heavy atom. The van der Waals surface area contributed by atoms with E-state index in [-0.39, 0.29) is 17.2 Å². The minimum Gasteiger partial charge on any atom is -0.481 e. The molecule has 0 bridgehead atoms. The second-order valence-corrected chi connectivity index (χ2v) is 6.66. The van der Waals surface area contributed by atoms with Crippen molar-refractivity contribution in [2.24, 2.45) is 16.7 Å². The van der Waals surface area contributed by atoms with Crippen molar-refractivity contribution in [1.82, 2.24) is 4.90 Å². The van der Waals surface area contributed by atoms with Gasteiger partial charge in [-0.15, -0.1) is 0 Å². The Hall–Kier alpha value is -1.10. The van der Waals surface area contributed by atoms with Gasteiger partial charge in [-0.05, 0) is 25.2 Å². The van der Waals surface area contributed by atoms with Gasteiger partial charge in [0.1, 0.15) is 0 Å². The topological polar surface area (TPSA) is 66.8 Å². The molecule has 5 nitrogen and oxygen atoms in total. The molecule has 0 aromatic heterocycles. The molecule has 1 saturated heterocycles. The fraction of sp³-hybridized carbons (Fsp3) is 0.867. The van der Waals surface area contributed by atoms with E-state index in [9.17, 15) is 14.7 Å². The highest BCUT2D eigenvalue weighted by molar-refractivity contribution is 5.86. The first-order valence-corrected chi connectivity index (χ1v) is 7.40. The third-order valence-electron chi connectivity index (χ3n) is 5.30. The first-order valence-electron chi connectivity index (χ1n) is 7.40. The molecule has 1 atom stereocenters. The highest BCUT2D eigenvalue weighted by Crippen LogP contribution is 2.46. The molecule has 2 aliphatic rings. The van der Waals surface area contributed by atoms with Gasteiger partial charge in [0, 0.05) is 20.2 Å². The maximum Gasteiger partial charge on any atom is 0.311 e. The SMILES string of the molecule is COCC1(C(=O)N2CCC(C(=O)O)(C(C)C)C2)CCC1. The summed E-state index contributed by atoms with van der Waals surface area (Å²) in [5.41, 5.74) is -1.17. The average Bonchev–Trinajstić information content (AvgIpc) is 2.79. The van der Waals surface area contributed by atoms with E-state index < -0.39 is 11.4 Å². The molecule has 1 heterocycles. The van der Waals surface area contributed by atoms with Crippen LogP contribution in [0.1, 0.15) is 39.5 Å². The van der Waals surface area contributed by atoms with E-state index >= 15 is 0 Å². The summed E-state index contributed by atoms with van der Waals surface area (Å²) in [6.45, 7) is 5.19. The second kappa shape index (κ2) is 5.35. The number of hydrogen-bond acceptors (Lipinski definition) is 3. The second-order valence-electron chi connectivity index (χ2n) is 6.66. The molecule has 0 aromatic rings. The van der Waals surface area contributed by atoms with Crippen LogP contribution in [0.3, 0.4) is 0 Å².